The maximum atomic E-state index is 13.8. The number of carbonyl (C=O) groups is 2. The van der Waals surface area contributed by atoms with Gasteiger partial charge in [0.05, 0.1) is 11.3 Å². The number of piperazine rings is 1. The van der Waals surface area contributed by atoms with Crippen molar-refractivity contribution in [3.05, 3.63) is 69.9 Å². The molecule has 5 nitrogen and oxygen atoms in total. The van der Waals surface area contributed by atoms with E-state index in [1.54, 1.807) is 0 Å². The standard InChI is InChI=1S/C26H31N3O2/c1-6-27-12-14-28(15-13-27)24-23(21-11-10-17(2)19(4)16-21)25(30)29(26(24)31)22-9-7-8-18(3)20(22)5/h7-11,16H,6,12-15H2,1-5H3. The number of imide groups is 1. The van der Waals surface area contributed by atoms with Crippen LogP contribution in [0.2, 0.25) is 0 Å². The van der Waals surface area contributed by atoms with Gasteiger partial charge in [0, 0.05) is 26.2 Å². The number of anilines is 1. The molecule has 0 atom stereocenters. The molecule has 1 saturated heterocycles. The molecule has 0 unspecified atom stereocenters. The van der Waals surface area contributed by atoms with E-state index in [2.05, 4.69) is 23.6 Å². The van der Waals surface area contributed by atoms with Gasteiger partial charge in [-0.3, -0.25) is 9.59 Å². The summed E-state index contributed by atoms with van der Waals surface area (Å²) in [4.78, 5) is 33.4. The van der Waals surface area contributed by atoms with Crippen LogP contribution in [0.3, 0.4) is 0 Å². The summed E-state index contributed by atoms with van der Waals surface area (Å²) in [7, 11) is 0. The largest absolute Gasteiger partial charge is 0.364 e. The molecule has 2 heterocycles. The van der Waals surface area contributed by atoms with Crippen LogP contribution in [0, 0.1) is 27.7 Å². The van der Waals surface area contributed by atoms with Gasteiger partial charge in [0.1, 0.15) is 5.70 Å². The number of aryl methyl sites for hydroxylation is 3. The van der Waals surface area contributed by atoms with Gasteiger partial charge >= 0.3 is 0 Å². The zero-order chi connectivity index (χ0) is 22.3. The third-order valence-corrected chi connectivity index (χ3v) is 6.81. The highest BCUT2D eigenvalue weighted by atomic mass is 16.2. The fourth-order valence-electron chi connectivity index (χ4n) is 4.45. The molecule has 0 saturated carbocycles. The van der Waals surface area contributed by atoms with E-state index in [0.29, 0.717) is 17.0 Å². The van der Waals surface area contributed by atoms with Crippen molar-refractivity contribution >= 4 is 23.1 Å². The number of benzene rings is 2. The maximum absolute atomic E-state index is 13.8. The molecule has 2 aliphatic rings. The van der Waals surface area contributed by atoms with Gasteiger partial charge in [-0.05, 0) is 68.1 Å². The molecule has 2 aromatic carbocycles. The fraction of sp³-hybridized carbons (Fsp3) is 0.385. The third-order valence-electron chi connectivity index (χ3n) is 6.81. The first-order chi connectivity index (χ1) is 14.8. The Labute approximate surface area is 184 Å². The van der Waals surface area contributed by atoms with Gasteiger partial charge in [-0.15, -0.1) is 0 Å². The zero-order valence-corrected chi connectivity index (χ0v) is 19.2. The highest BCUT2D eigenvalue weighted by Gasteiger charge is 2.43. The van der Waals surface area contributed by atoms with Crippen molar-refractivity contribution < 1.29 is 9.59 Å². The van der Waals surface area contributed by atoms with Gasteiger partial charge in [-0.2, -0.15) is 0 Å². The number of likely N-dealkylation sites (N-methyl/N-ethyl adjacent to an activating group) is 1. The highest BCUT2D eigenvalue weighted by molar-refractivity contribution is 6.45. The van der Waals surface area contributed by atoms with Crippen molar-refractivity contribution in [2.75, 3.05) is 37.6 Å². The number of rotatable bonds is 4. The Hall–Kier alpha value is -2.92. The van der Waals surface area contributed by atoms with Gasteiger partial charge in [0.2, 0.25) is 0 Å². The van der Waals surface area contributed by atoms with Crippen molar-refractivity contribution in [1.82, 2.24) is 9.80 Å². The molecule has 0 N–H and O–H groups in total. The van der Waals surface area contributed by atoms with Crippen LogP contribution in [-0.4, -0.2) is 54.3 Å². The van der Waals surface area contributed by atoms with Crippen molar-refractivity contribution in [2.24, 2.45) is 0 Å². The van der Waals surface area contributed by atoms with E-state index >= 15 is 0 Å². The quantitative estimate of drug-likeness (QED) is 0.709. The molecule has 31 heavy (non-hydrogen) atoms. The Bertz CT molecular complexity index is 1080. The lowest BCUT2D eigenvalue weighted by molar-refractivity contribution is -0.120. The van der Waals surface area contributed by atoms with E-state index < -0.39 is 0 Å². The lowest BCUT2D eigenvalue weighted by atomic mass is 9.99. The second kappa shape index (κ2) is 8.31. The molecule has 2 aromatic rings. The molecule has 0 spiro atoms. The van der Waals surface area contributed by atoms with Crippen LogP contribution in [0.5, 0.6) is 0 Å². The minimum absolute atomic E-state index is 0.211. The van der Waals surface area contributed by atoms with Crippen molar-refractivity contribution in [1.29, 1.82) is 0 Å². The second-order valence-corrected chi connectivity index (χ2v) is 8.61. The first kappa shape index (κ1) is 21.3. The summed E-state index contributed by atoms with van der Waals surface area (Å²) in [5, 5.41) is 0. The molecule has 0 bridgehead atoms. The Morgan fingerprint density at radius 3 is 2.16 bits per heavy atom. The van der Waals surface area contributed by atoms with E-state index in [9.17, 15) is 9.59 Å². The monoisotopic (exact) mass is 417 g/mol. The predicted octanol–water partition coefficient (Wildman–Crippen LogP) is 3.84. The summed E-state index contributed by atoms with van der Waals surface area (Å²) < 4.78 is 0. The number of hydrogen-bond acceptors (Lipinski definition) is 4. The average Bonchev–Trinajstić information content (AvgIpc) is 3.02. The molecule has 1 fully saturated rings. The Morgan fingerprint density at radius 1 is 0.806 bits per heavy atom. The topological polar surface area (TPSA) is 43.9 Å². The lowest BCUT2D eigenvalue weighted by Crippen LogP contribution is -2.47. The summed E-state index contributed by atoms with van der Waals surface area (Å²) >= 11 is 0. The summed E-state index contributed by atoms with van der Waals surface area (Å²) in [6, 6.07) is 11.8. The van der Waals surface area contributed by atoms with Crippen molar-refractivity contribution in [2.45, 2.75) is 34.6 Å². The molecule has 162 valence electrons. The van der Waals surface area contributed by atoms with Crippen LogP contribution in [0.4, 0.5) is 5.69 Å². The molecule has 0 radical (unpaired) electrons. The van der Waals surface area contributed by atoms with E-state index in [4.69, 9.17) is 0 Å². The summed E-state index contributed by atoms with van der Waals surface area (Å²) in [6.45, 7) is 14.5. The summed E-state index contributed by atoms with van der Waals surface area (Å²) in [6.07, 6.45) is 0. The first-order valence-corrected chi connectivity index (χ1v) is 11.1. The molecular weight excluding hydrogens is 386 g/mol. The Morgan fingerprint density at radius 2 is 1.52 bits per heavy atom. The van der Waals surface area contributed by atoms with E-state index in [1.165, 1.54) is 10.5 Å². The summed E-state index contributed by atoms with van der Waals surface area (Å²) in [5.41, 5.74) is 6.89. The smallest absolute Gasteiger partial charge is 0.282 e. The number of amides is 2. The van der Waals surface area contributed by atoms with Crippen LogP contribution in [0.1, 0.15) is 34.7 Å². The Balaban J connectivity index is 1.83. The number of hydrogen-bond donors (Lipinski definition) is 0. The van der Waals surface area contributed by atoms with E-state index in [-0.39, 0.29) is 11.8 Å². The normalized spacial score (nSPS) is 17.8. The maximum Gasteiger partial charge on any atom is 0.282 e. The van der Waals surface area contributed by atoms with Crippen LogP contribution in [0.25, 0.3) is 5.57 Å². The fourth-order valence-corrected chi connectivity index (χ4v) is 4.45. The molecule has 0 aliphatic carbocycles. The van der Waals surface area contributed by atoms with Gasteiger partial charge in [-0.1, -0.05) is 37.3 Å². The molecule has 0 aromatic heterocycles. The molecular formula is C26H31N3O2. The number of nitrogens with zero attached hydrogens (tertiary/aromatic N) is 3. The average molecular weight is 418 g/mol. The van der Waals surface area contributed by atoms with Crippen LogP contribution >= 0.6 is 0 Å². The van der Waals surface area contributed by atoms with Gasteiger partial charge in [0.25, 0.3) is 11.8 Å². The van der Waals surface area contributed by atoms with Crippen LogP contribution in [-0.2, 0) is 9.59 Å². The van der Waals surface area contributed by atoms with Gasteiger partial charge in [-0.25, -0.2) is 4.90 Å². The minimum atomic E-state index is -0.227. The molecule has 4 rings (SSSR count). The highest BCUT2D eigenvalue weighted by Crippen LogP contribution is 2.37. The van der Waals surface area contributed by atoms with Crippen molar-refractivity contribution in [3.63, 3.8) is 0 Å². The SMILES string of the molecule is CCN1CCN(C2=C(c3ccc(C)c(C)c3)C(=O)N(c3cccc(C)c3C)C2=O)CC1. The number of carbonyl (C=O) groups excluding carboxylic acids is 2. The molecule has 2 aliphatic heterocycles. The van der Waals surface area contributed by atoms with Crippen LogP contribution < -0.4 is 4.90 Å². The van der Waals surface area contributed by atoms with Gasteiger partial charge in [0.15, 0.2) is 0 Å². The second-order valence-electron chi connectivity index (χ2n) is 8.61. The van der Waals surface area contributed by atoms with Gasteiger partial charge < -0.3 is 9.80 Å². The first-order valence-electron chi connectivity index (χ1n) is 11.1. The van der Waals surface area contributed by atoms with Crippen molar-refractivity contribution in [3.8, 4) is 0 Å². The van der Waals surface area contributed by atoms with E-state index in [0.717, 1.165) is 55.0 Å². The molecule has 2 amide bonds. The minimum Gasteiger partial charge on any atom is -0.364 e. The summed E-state index contributed by atoms with van der Waals surface area (Å²) in [5.74, 6) is -0.438. The van der Waals surface area contributed by atoms with E-state index in [1.807, 2.05) is 57.2 Å². The van der Waals surface area contributed by atoms with Crippen LogP contribution in [0.15, 0.2) is 42.1 Å². The third kappa shape index (κ3) is 3.68. The molecule has 5 heteroatoms. The Kier molecular flexibility index (Phi) is 5.71. The zero-order valence-electron chi connectivity index (χ0n) is 19.2. The lowest BCUT2D eigenvalue weighted by Gasteiger charge is -2.36. The predicted molar refractivity (Wildman–Crippen MR) is 125 cm³/mol.